The lowest BCUT2D eigenvalue weighted by molar-refractivity contribution is -0.137. The number of hydrogen-bond acceptors (Lipinski definition) is 3. The van der Waals surface area contributed by atoms with E-state index >= 15 is 0 Å². The fourth-order valence-electron chi connectivity index (χ4n) is 2.51. The van der Waals surface area contributed by atoms with E-state index in [0.717, 1.165) is 12.1 Å². The molecule has 2 N–H and O–H groups in total. The molecule has 2 rings (SSSR count). The molecule has 150 valence electrons. The van der Waals surface area contributed by atoms with Crippen molar-refractivity contribution in [3.05, 3.63) is 65.2 Å². The Hall–Kier alpha value is -3.03. The number of methoxy groups -OCH3 is 1. The van der Waals surface area contributed by atoms with Crippen molar-refractivity contribution in [2.75, 3.05) is 20.2 Å². The number of ether oxygens (including phenoxy) is 1. The molecule has 0 spiro atoms. The number of amides is 2. The number of benzene rings is 2. The summed E-state index contributed by atoms with van der Waals surface area (Å²) < 4.78 is 42.6. The molecule has 0 aromatic heterocycles. The van der Waals surface area contributed by atoms with Crippen LogP contribution in [0.5, 0.6) is 5.75 Å². The lowest BCUT2D eigenvalue weighted by atomic mass is 10.1. The Morgan fingerprint density at radius 1 is 0.964 bits per heavy atom. The van der Waals surface area contributed by atoms with Crippen LogP contribution < -0.4 is 15.4 Å². The molecule has 2 aromatic rings. The second-order valence-electron chi connectivity index (χ2n) is 6.00. The molecular formula is C20H21F3N2O3. The van der Waals surface area contributed by atoms with E-state index in [1.54, 1.807) is 24.3 Å². The molecule has 0 unspecified atom stereocenters. The van der Waals surface area contributed by atoms with Gasteiger partial charge in [0.15, 0.2) is 0 Å². The maximum atomic E-state index is 12.5. The predicted octanol–water partition coefficient (Wildman–Crippen LogP) is 3.19. The molecule has 2 amide bonds. The van der Waals surface area contributed by atoms with E-state index < -0.39 is 11.7 Å². The number of nitrogens with one attached hydrogen (secondary N) is 2. The van der Waals surface area contributed by atoms with Gasteiger partial charge >= 0.3 is 6.18 Å². The molecule has 0 aliphatic rings. The van der Waals surface area contributed by atoms with Gasteiger partial charge in [-0.1, -0.05) is 24.3 Å². The lowest BCUT2D eigenvalue weighted by Gasteiger charge is -2.10. The van der Waals surface area contributed by atoms with Crippen LogP contribution in [0.15, 0.2) is 48.5 Å². The average Bonchev–Trinajstić information content (AvgIpc) is 2.67. The molecule has 0 bridgehead atoms. The van der Waals surface area contributed by atoms with Gasteiger partial charge in [-0.25, -0.2) is 0 Å². The van der Waals surface area contributed by atoms with Crippen molar-refractivity contribution >= 4 is 11.8 Å². The third-order valence-corrected chi connectivity index (χ3v) is 4.01. The predicted molar refractivity (Wildman–Crippen MR) is 98.1 cm³/mol. The van der Waals surface area contributed by atoms with Crippen LogP contribution in [0.1, 0.15) is 27.9 Å². The summed E-state index contributed by atoms with van der Waals surface area (Å²) in [6, 6.07) is 11.6. The van der Waals surface area contributed by atoms with Crippen molar-refractivity contribution in [3.63, 3.8) is 0 Å². The van der Waals surface area contributed by atoms with E-state index in [1.807, 2.05) is 0 Å². The van der Waals surface area contributed by atoms with Crippen molar-refractivity contribution in [2.45, 2.75) is 19.0 Å². The van der Waals surface area contributed by atoms with Crippen molar-refractivity contribution < 1.29 is 27.5 Å². The second kappa shape index (κ2) is 9.77. The van der Waals surface area contributed by atoms with Gasteiger partial charge in [0.1, 0.15) is 5.75 Å². The number of rotatable bonds is 8. The van der Waals surface area contributed by atoms with Crippen molar-refractivity contribution in [1.29, 1.82) is 0 Å². The first-order valence-electron chi connectivity index (χ1n) is 8.65. The Balaban J connectivity index is 1.69. The Kier molecular flexibility index (Phi) is 7.43. The molecule has 2 aromatic carbocycles. The highest BCUT2D eigenvalue weighted by Gasteiger charge is 2.29. The Labute approximate surface area is 160 Å². The Morgan fingerprint density at radius 2 is 1.64 bits per heavy atom. The van der Waals surface area contributed by atoms with Gasteiger partial charge in [0.05, 0.1) is 18.2 Å². The number of alkyl halides is 3. The summed E-state index contributed by atoms with van der Waals surface area (Å²) in [6.07, 6.45) is -3.85. The SMILES string of the molecule is COc1ccccc1C(=O)NCCC(=O)NCCc1ccc(C(F)(F)F)cc1. The Bertz CT molecular complexity index is 805. The summed E-state index contributed by atoms with van der Waals surface area (Å²) in [5.41, 5.74) is 0.372. The van der Waals surface area contributed by atoms with Gasteiger partial charge in [-0.2, -0.15) is 13.2 Å². The largest absolute Gasteiger partial charge is 0.496 e. The summed E-state index contributed by atoms with van der Waals surface area (Å²) in [5, 5.41) is 5.32. The number of carbonyl (C=O) groups excluding carboxylic acids is 2. The minimum absolute atomic E-state index is 0.0912. The van der Waals surface area contributed by atoms with Crippen LogP contribution >= 0.6 is 0 Å². The van der Waals surface area contributed by atoms with Crippen LogP contribution in [-0.4, -0.2) is 32.0 Å². The van der Waals surface area contributed by atoms with Gasteiger partial charge in [0.2, 0.25) is 5.91 Å². The van der Waals surface area contributed by atoms with E-state index in [4.69, 9.17) is 4.74 Å². The zero-order valence-electron chi connectivity index (χ0n) is 15.3. The van der Waals surface area contributed by atoms with Crippen LogP contribution in [-0.2, 0) is 17.4 Å². The third-order valence-electron chi connectivity index (χ3n) is 4.01. The first kappa shape index (κ1) is 21.3. The van der Waals surface area contributed by atoms with Crippen LogP contribution in [0.2, 0.25) is 0 Å². The molecule has 5 nitrogen and oxygen atoms in total. The van der Waals surface area contributed by atoms with Crippen LogP contribution in [0.25, 0.3) is 0 Å². The normalized spacial score (nSPS) is 11.0. The summed E-state index contributed by atoms with van der Waals surface area (Å²) in [4.78, 5) is 23.9. The molecule has 0 fully saturated rings. The first-order valence-corrected chi connectivity index (χ1v) is 8.65. The second-order valence-corrected chi connectivity index (χ2v) is 6.00. The van der Waals surface area contributed by atoms with Crippen LogP contribution in [0, 0.1) is 0 Å². The maximum absolute atomic E-state index is 12.5. The summed E-state index contributed by atoms with van der Waals surface area (Å²) in [7, 11) is 1.47. The quantitative estimate of drug-likeness (QED) is 0.723. The average molecular weight is 394 g/mol. The highest BCUT2D eigenvalue weighted by atomic mass is 19.4. The van der Waals surface area contributed by atoms with E-state index in [0.29, 0.717) is 29.8 Å². The third kappa shape index (κ3) is 6.29. The molecule has 0 heterocycles. The smallest absolute Gasteiger partial charge is 0.416 e. The van der Waals surface area contributed by atoms with Crippen molar-refractivity contribution in [3.8, 4) is 5.75 Å². The monoisotopic (exact) mass is 394 g/mol. The zero-order chi connectivity index (χ0) is 20.6. The summed E-state index contributed by atoms with van der Waals surface area (Å²) >= 11 is 0. The van der Waals surface area contributed by atoms with Gasteiger partial charge in [-0.3, -0.25) is 9.59 Å². The maximum Gasteiger partial charge on any atom is 0.416 e. The van der Waals surface area contributed by atoms with Gasteiger partial charge < -0.3 is 15.4 Å². The van der Waals surface area contributed by atoms with E-state index in [1.165, 1.54) is 19.2 Å². The topological polar surface area (TPSA) is 67.4 Å². The molecule has 0 saturated heterocycles. The van der Waals surface area contributed by atoms with Crippen LogP contribution in [0.3, 0.4) is 0 Å². The van der Waals surface area contributed by atoms with Crippen molar-refractivity contribution in [1.82, 2.24) is 10.6 Å². The minimum atomic E-state index is -4.36. The van der Waals surface area contributed by atoms with Gasteiger partial charge in [0.25, 0.3) is 5.91 Å². The molecular weight excluding hydrogens is 373 g/mol. The molecule has 0 radical (unpaired) electrons. The molecule has 0 aliphatic carbocycles. The van der Waals surface area contributed by atoms with E-state index in [9.17, 15) is 22.8 Å². The van der Waals surface area contributed by atoms with Crippen LogP contribution in [0.4, 0.5) is 13.2 Å². The molecule has 8 heteroatoms. The highest BCUT2D eigenvalue weighted by Crippen LogP contribution is 2.29. The molecule has 0 saturated carbocycles. The van der Waals surface area contributed by atoms with E-state index in [-0.39, 0.29) is 24.8 Å². The summed E-state index contributed by atoms with van der Waals surface area (Å²) in [6.45, 7) is 0.452. The van der Waals surface area contributed by atoms with Gasteiger partial charge in [-0.05, 0) is 36.2 Å². The fourth-order valence-corrected chi connectivity index (χ4v) is 2.51. The van der Waals surface area contributed by atoms with Crippen molar-refractivity contribution in [2.24, 2.45) is 0 Å². The number of halogens is 3. The lowest BCUT2D eigenvalue weighted by Crippen LogP contribution is -2.31. The standard InChI is InChI=1S/C20H21F3N2O3/c1-28-17-5-3-2-4-16(17)19(27)25-13-11-18(26)24-12-10-14-6-8-15(9-7-14)20(21,22)23/h2-9H,10-13H2,1H3,(H,24,26)(H,25,27). The van der Waals surface area contributed by atoms with Gasteiger partial charge in [0, 0.05) is 19.5 Å². The molecule has 0 aliphatic heterocycles. The highest BCUT2D eigenvalue weighted by molar-refractivity contribution is 5.97. The summed E-state index contributed by atoms with van der Waals surface area (Å²) in [5.74, 6) is -0.150. The zero-order valence-corrected chi connectivity index (χ0v) is 15.3. The Morgan fingerprint density at radius 3 is 2.29 bits per heavy atom. The minimum Gasteiger partial charge on any atom is -0.496 e. The fraction of sp³-hybridized carbons (Fsp3) is 0.300. The first-order chi connectivity index (χ1) is 13.3. The van der Waals surface area contributed by atoms with E-state index in [2.05, 4.69) is 10.6 Å². The number of hydrogen-bond donors (Lipinski definition) is 2. The molecule has 28 heavy (non-hydrogen) atoms. The molecule has 0 atom stereocenters. The number of carbonyl (C=O) groups is 2. The van der Waals surface area contributed by atoms with Gasteiger partial charge in [-0.15, -0.1) is 0 Å². The number of para-hydroxylation sites is 1.